The number of likely N-dealkylation sites (tertiary alicyclic amines) is 1. The largest absolute Gasteiger partial charge is 0.444 e. The zero-order valence-corrected chi connectivity index (χ0v) is 14.2. The minimum absolute atomic E-state index is 0.0881. The molecule has 0 aliphatic carbocycles. The summed E-state index contributed by atoms with van der Waals surface area (Å²) in [5.41, 5.74) is -0.508. The molecule has 120 valence electrons. The molecular formula is C17H23NO3S. The second-order valence-corrected chi connectivity index (χ2v) is 7.67. The fourth-order valence-electron chi connectivity index (χ4n) is 2.25. The number of benzene rings is 1. The number of hydrogen-bond donors (Lipinski definition) is 0. The molecule has 1 amide bonds. The Labute approximate surface area is 136 Å². The molecule has 0 saturated carbocycles. The van der Waals surface area contributed by atoms with Crippen LogP contribution in [0.2, 0.25) is 0 Å². The molecule has 1 aliphatic rings. The first-order chi connectivity index (χ1) is 10.3. The lowest BCUT2D eigenvalue weighted by Gasteiger charge is -2.26. The fourth-order valence-corrected chi connectivity index (χ4v) is 3.36. The highest BCUT2D eigenvalue weighted by Gasteiger charge is 2.29. The lowest BCUT2D eigenvalue weighted by atomic mass is 10.2. The lowest BCUT2D eigenvalue weighted by molar-refractivity contribution is -0.118. The summed E-state index contributed by atoms with van der Waals surface area (Å²) >= 11 is 1.58. The first-order valence-corrected chi connectivity index (χ1v) is 8.45. The number of ether oxygens (including phenoxy) is 1. The van der Waals surface area contributed by atoms with Crippen LogP contribution in [0, 0.1) is 0 Å². The van der Waals surface area contributed by atoms with Crippen molar-refractivity contribution >= 4 is 23.6 Å². The maximum Gasteiger partial charge on any atom is 0.410 e. The molecule has 1 unspecified atom stereocenters. The topological polar surface area (TPSA) is 46.6 Å². The second-order valence-electron chi connectivity index (χ2n) is 6.39. The van der Waals surface area contributed by atoms with E-state index in [0.29, 0.717) is 25.9 Å². The average molecular weight is 321 g/mol. The van der Waals surface area contributed by atoms with Gasteiger partial charge < -0.3 is 9.64 Å². The summed E-state index contributed by atoms with van der Waals surface area (Å²) in [6, 6.07) is 9.92. The fraction of sp³-hybridized carbons (Fsp3) is 0.529. The number of carbonyl (C=O) groups is 2. The van der Waals surface area contributed by atoms with Crippen molar-refractivity contribution in [3.63, 3.8) is 0 Å². The van der Waals surface area contributed by atoms with Crippen LogP contribution in [0.25, 0.3) is 0 Å². The summed E-state index contributed by atoms with van der Waals surface area (Å²) in [6.45, 7) is 6.55. The highest BCUT2D eigenvalue weighted by atomic mass is 32.2. The third kappa shape index (κ3) is 5.05. The molecule has 1 aliphatic heterocycles. The molecule has 0 N–H and O–H groups in total. The molecule has 1 heterocycles. The van der Waals surface area contributed by atoms with E-state index >= 15 is 0 Å². The molecule has 1 aromatic rings. The zero-order chi connectivity index (χ0) is 16.2. The van der Waals surface area contributed by atoms with E-state index in [2.05, 4.69) is 0 Å². The van der Waals surface area contributed by atoms with Crippen molar-refractivity contribution in [2.24, 2.45) is 0 Å². The second kappa shape index (κ2) is 7.18. The number of amides is 1. The summed E-state index contributed by atoms with van der Waals surface area (Å²) in [4.78, 5) is 27.1. The third-order valence-electron chi connectivity index (χ3n) is 3.32. The van der Waals surface area contributed by atoms with Crippen molar-refractivity contribution in [2.75, 3.05) is 13.1 Å². The maximum atomic E-state index is 12.3. The normalized spacial score (nSPS) is 19.7. The van der Waals surface area contributed by atoms with Crippen LogP contribution >= 0.6 is 11.8 Å². The minimum atomic E-state index is -0.508. The van der Waals surface area contributed by atoms with Crippen LogP contribution in [0.1, 0.15) is 33.6 Å². The molecule has 1 atom stereocenters. The number of rotatable bonds is 2. The Kier molecular flexibility index (Phi) is 5.51. The Morgan fingerprint density at radius 2 is 1.91 bits per heavy atom. The van der Waals surface area contributed by atoms with Crippen LogP contribution in [0.5, 0.6) is 0 Å². The lowest BCUT2D eigenvalue weighted by Crippen LogP contribution is -2.37. The van der Waals surface area contributed by atoms with Gasteiger partial charge in [0, 0.05) is 24.4 Å². The van der Waals surface area contributed by atoms with Crippen molar-refractivity contribution in [3.05, 3.63) is 30.3 Å². The molecule has 22 heavy (non-hydrogen) atoms. The number of nitrogens with zero attached hydrogens (tertiary/aromatic N) is 1. The summed E-state index contributed by atoms with van der Waals surface area (Å²) in [5, 5.41) is -0.0881. The molecule has 4 nitrogen and oxygen atoms in total. The average Bonchev–Trinajstić information content (AvgIpc) is 2.61. The van der Waals surface area contributed by atoms with Crippen LogP contribution in [0.3, 0.4) is 0 Å². The van der Waals surface area contributed by atoms with Crippen molar-refractivity contribution in [2.45, 2.75) is 49.4 Å². The van der Waals surface area contributed by atoms with Gasteiger partial charge >= 0.3 is 6.09 Å². The van der Waals surface area contributed by atoms with E-state index in [1.807, 2.05) is 51.1 Å². The molecule has 2 rings (SSSR count). The van der Waals surface area contributed by atoms with Gasteiger partial charge in [-0.1, -0.05) is 18.2 Å². The van der Waals surface area contributed by atoms with E-state index in [1.54, 1.807) is 16.7 Å². The number of Topliss-reactive ketones (excluding diaryl/α,β-unsaturated/α-hetero) is 1. The van der Waals surface area contributed by atoms with Crippen LogP contribution < -0.4 is 0 Å². The third-order valence-corrected chi connectivity index (χ3v) is 4.65. The molecule has 1 aromatic carbocycles. The van der Waals surface area contributed by atoms with Crippen LogP contribution in [-0.4, -0.2) is 40.7 Å². The number of carbonyl (C=O) groups excluding carboxylic acids is 2. The van der Waals surface area contributed by atoms with Crippen molar-refractivity contribution in [3.8, 4) is 0 Å². The molecule has 5 heteroatoms. The molecule has 1 fully saturated rings. The van der Waals surface area contributed by atoms with E-state index in [4.69, 9.17) is 4.74 Å². The summed E-state index contributed by atoms with van der Waals surface area (Å²) in [7, 11) is 0. The Morgan fingerprint density at radius 3 is 2.55 bits per heavy atom. The van der Waals surface area contributed by atoms with Gasteiger partial charge in [-0.2, -0.15) is 0 Å². The van der Waals surface area contributed by atoms with Crippen LogP contribution in [-0.2, 0) is 9.53 Å². The Balaban J connectivity index is 1.95. The van der Waals surface area contributed by atoms with Crippen LogP contribution in [0.4, 0.5) is 4.79 Å². The first-order valence-electron chi connectivity index (χ1n) is 7.57. The highest BCUT2D eigenvalue weighted by Crippen LogP contribution is 2.28. The molecule has 0 spiro atoms. The Morgan fingerprint density at radius 1 is 1.23 bits per heavy atom. The van der Waals surface area contributed by atoms with Gasteiger partial charge in [-0.05, 0) is 39.3 Å². The first kappa shape index (κ1) is 16.9. The van der Waals surface area contributed by atoms with Gasteiger partial charge in [-0.25, -0.2) is 4.79 Å². The smallest absolute Gasteiger partial charge is 0.410 e. The van der Waals surface area contributed by atoms with Gasteiger partial charge in [0.05, 0.1) is 5.25 Å². The SMILES string of the molecule is CC(C)(C)OC(=O)N1CCC(=O)C(Sc2ccccc2)CC1. The van der Waals surface area contributed by atoms with E-state index < -0.39 is 5.60 Å². The van der Waals surface area contributed by atoms with E-state index in [1.165, 1.54) is 0 Å². The monoisotopic (exact) mass is 321 g/mol. The molecular weight excluding hydrogens is 298 g/mol. The molecule has 0 aromatic heterocycles. The molecule has 1 saturated heterocycles. The molecule has 0 bridgehead atoms. The van der Waals surface area contributed by atoms with Gasteiger partial charge in [0.1, 0.15) is 11.4 Å². The van der Waals surface area contributed by atoms with Crippen LogP contribution in [0.15, 0.2) is 35.2 Å². The van der Waals surface area contributed by atoms with Crippen molar-refractivity contribution in [1.82, 2.24) is 4.90 Å². The van der Waals surface area contributed by atoms with Gasteiger partial charge in [-0.3, -0.25) is 4.79 Å². The Hall–Kier alpha value is -1.49. The number of hydrogen-bond acceptors (Lipinski definition) is 4. The molecule has 0 radical (unpaired) electrons. The van der Waals surface area contributed by atoms with Gasteiger partial charge in [-0.15, -0.1) is 11.8 Å². The quantitative estimate of drug-likeness (QED) is 0.832. The van der Waals surface area contributed by atoms with Gasteiger partial charge in [0.15, 0.2) is 0 Å². The van der Waals surface area contributed by atoms with Crippen molar-refractivity contribution in [1.29, 1.82) is 0 Å². The predicted molar refractivity (Wildman–Crippen MR) is 88.1 cm³/mol. The van der Waals surface area contributed by atoms with Gasteiger partial charge in [0.25, 0.3) is 0 Å². The van der Waals surface area contributed by atoms with Gasteiger partial charge in [0.2, 0.25) is 0 Å². The zero-order valence-electron chi connectivity index (χ0n) is 13.4. The minimum Gasteiger partial charge on any atom is -0.444 e. The maximum absolute atomic E-state index is 12.3. The standard InChI is InChI=1S/C17H23NO3S/c1-17(2,3)21-16(20)18-11-9-14(19)15(10-12-18)22-13-7-5-4-6-8-13/h4-8,15H,9-12H2,1-3H3. The van der Waals surface area contributed by atoms with E-state index in [-0.39, 0.29) is 17.1 Å². The van der Waals surface area contributed by atoms with Crippen molar-refractivity contribution < 1.29 is 14.3 Å². The number of ketones is 1. The number of thioether (sulfide) groups is 1. The summed E-state index contributed by atoms with van der Waals surface area (Å²) < 4.78 is 5.39. The Bertz CT molecular complexity index is 524. The van der Waals surface area contributed by atoms with E-state index in [0.717, 1.165) is 4.90 Å². The highest BCUT2D eigenvalue weighted by molar-refractivity contribution is 8.00. The summed E-state index contributed by atoms with van der Waals surface area (Å²) in [5.74, 6) is 0.208. The summed E-state index contributed by atoms with van der Waals surface area (Å²) in [6.07, 6.45) is 0.729. The predicted octanol–water partition coefficient (Wildman–Crippen LogP) is 3.75. The van der Waals surface area contributed by atoms with E-state index in [9.17, 15) is 9.59 Å².